The first-order chi connectivity index (χ1) is 28.9. The summed E-state index contributed by atoms with van der Waals surface area (Å²) >= 11 is 0. The van der Waals surface area contributed by atoms with E-state index in [1.165, 1.54) is 76.5 Å². The van der Waals surface area contributed by atoms with Crippen molar-refractivity contribution >= 4 is 15.8 Å². The van der Waals surface area contributed by atoms with E-state index in [1.54, 1.807) is 38.5 Å². The Morgan fingerprint density at radius 3 is 1.24 bits per heavy atom. The molecule has 2 heteroatoms. The number of hydrogen-bond donors (Lipinski definition) is 0. The van der Waals surface area contributed by atoms with Crippen molar-refractivity contribution in [3.8, 4) is 0 Å². The van der Waals surface area contributed by atoms with Gasteiger partial charge in [-0.25, -0.2) is 0 Å². The number of benzene rings is 1. The summed E-state index contributed by atoms with van der Waals surface area (Å²) in [6, 6.07) is 10.5. The molecule has 1 aromatic rings. The van der Waals surface area contributed by atoms with Crippen molar-refractivity contribution < 1.29 is 0 Å². The van der Waals surface area contributed by atoms with Crippen LogP contribution >= 0.6 is 15.8 Å². The van der Waals surface area contributed by atoms with Crippen LogP contribution in [0.25, 0.3) is 0 Å². The Morgan fingerprint density at radius 2 is 0.903 bits per heavy atom. The van der Waals surface area contributed by atoms with Crippen molar-refractivity contribution in [2.45, 2.75) is 233 Å². The van der Waals surface area contributed by atoms with Crippen molar-refractivity contribution in [3.63, 3.8) is 0 Å². The molecule has 1 aromatic carbocycles. The van der Waals surface area contributed by atoms with Gasteiger partial charge in [0.25, 0.3) is 0 Å². The van der Waals surface area contributed by atoms with Gasteiger partial charge in [0.15, 0.2) is 0 Å². The van der Waals surface area contributed by atoms with E-state index in [2.05, 4.69) is 133 Å². The lowest BCUT2D eigenvalue weighted by molar-refractivity contribution is -0.152. The van der Waals surface area contributed by atoms with E-state index in [4.69, 9.17) is 0 Å². The van der Waals surface area contributed by atoms with Gasteiger partial charge in [0.1, 0.15) is 0 Å². The molecular weight excluding hydrogens is 783 g/mol. The SMILES string of the molecule is CCC1CC(C(C)(C)C)=CC2(C1)C1C3CC4CC1(CC(C(C)(C)C)(C4)C3)P2Cc1ccccc1CP1C2(C=C(C(C)(C)C)CC(CC)C2)C2C3CC4CC21CC(C(C)(C)C)(C4)C3. The molecule has 12 aliphatic rings. The average Bonchev–Trinajstić information content (AvgIpc) is 3.16. The minimum atomic E-state index is -0.191. The van der Waals surface area contributed by atoms with Crippen molar-refractivity contribution in [1.82, 2.24) is 0 Å². The molecule has 13 rings (SSSR count). The molecule has 0 nitrogen and oxygen atoms in total. The average molecular weight is 875 g/mol. The van der Waals surface area contributed by atoms with E-state index in [1.807, 2.05) is 22.3 Å². The molecule has 2 heterocycles. The minimum Gasteiger partial charge on any atom is -0.0848 e. The maximum absolute atomic E-state index is 3.11. The van der Waals surface area contributed by atoms with Crippen molar-refractivity contribution in [1.29, 1.82) is 0 Å². The molecular formula is C60H92P2. The molecule has 2 aliphatic heterocycles. The maximum atomic E-state index is 3.11. The Labute approximate surface area is 385 Å². The Bertz CT molecular complexity index is 1900. The molecule has 4 spiro atoms. The predicted octanol–water partition coefficient (Wildman–Crippen LogP) is 18.0. The van der Waals surface area contributed by atoms with Crippen molar-refractivity contribution in [2.24, 2.45) is 79.8 Å². The number of rotatable bonds is 6. The minimum absolute atomic E-state index is 0.191. The molecule has 0 aromatic heterocycles. The second kappa shape index (κ2) is 13.6. The van der Waals surface area contributed by atoms with Gasteiger partial charge in [-0.05, 0) is 203 Å². The van der Waals surface area contributed by atoms with Gasteiger partial charge in [-0.3, -0.25) is 0 Å². The largest absolute Gasteiger partial charge is 0.0848 e. The van der Waals surface area contributed by atoms with E-state index in [0.717, 1.165) is 47.3 Å². The maximum Gasteiger partial charge on any atom is 0.0137 e. The van der Waals surface area contributed by atoms with E-state index in [0.29, 0.717) is 42.3 Å². The van der Waals surface area contributed by atoms with E-state index < -0.39 is 0 Å². The summed E-state index contributed by atoms with van der Waals surface area (Å²) in [6.45, 7) is 36.5. The first-order valence-electron chi connectivity index (χ1n) is 26.9. The van der Waals surface area contributed by atoms with Crippen LogP contribution in [0.15, 0.2) is 47.6 Å². The fourth-order valence-electron chi connectivity index (χ4n) is 20.3. The lowest BCUT2D eigenvalue weighted by Gasteiger charge is -2.82. The second-order valence-corrected chi connectivity index (χ2v) is 35.4. The number of allylic oxidation sites excluding steroid dienone is 4. The molecule has 0 radical (unpaired) electrons. The van der Waals surface area contributed by atoms with Crippen LogP contribution < -0.4 is 0 Å². The standard InChI is InChI=1S/C60H92P2/c1-15-39-23-47(51(3,4)5)33-57(27-39)49-45-21-41-25-55(31-45,53(9,10)11)37-59(49,29-41)61(57)35-43-19-17-18-20-44(43)36-62-58(28-40(16-2)24-48(34-58)52(6,7)8)50-46-22-42-26-56(32-46,54(12,13)14)38-60(50,62)30-42/h17-20,33-34,39-42,45-46,49-50H,15-16,21-32,35-38H2,1-14H3. The Kier molecular flexibility index (Phi) is 9.69. The molecule has 2 saturated heterocycles. The van der Waals surface area contributed by atoms with E-state index in [-0.39, 0.29) is 26.7 Å². The van der Waals surface area contributed by atoms with Gasteiger partial charge < -0.3 is 0 Å². The zero-order valence-electron chi connectivity index (χ0n) is 42.7. The van der Waals surface area contributed by atoms with Crippen LogP contribution in [-0.2, 0) is 12.3 Å². The van der Waals surface area contributed by atoms with Gasteiger partial charge in [-0.1, -0.05) is 173 Å². The summed E-state index contributed by atoms with van der Waals surface area (Å²) in [7, 11) is -0.381. The van der Waals surface area contributed by atoms with Crippen LogP contribution in [0.2, 0.25) is 0 Å². The van der Waals surface area contributed by atoms with Crippen molar-refractivity contribution in [2.75, 3.05) is 0 Å². The van der Waals surface area contributed by atoms with E-state index >= 15 is 0 Å². The van der Waals surface area contributed by atoms with Crippen LogP contribution in [0.3, 0.4) is 0 Å². The van der Waals surface area contributed by atoms with Gasteiger partial charge in [-0.2, -0.15) is 0 Å². The van der Waals surface area contributed by atoms with Gasteiger partial charge >= 0.3 is 0 Å². The molecule has 8 saturated carbocycles. The smallest absolute Gasteiger partial charge is 0.0137 e. The summed E-state index contributed by atoms with van der Waals surface area (Å²) < 4.78 is 0. The van der Waals surface area contributed by atoms with Crippen molar-refractivity contribution in [3.05, 3.63) is 58.7 Å². The fourth-order valence-corrected chi connectivity index (χ4v) is 30.7. The van der Waals surface area contributed by atoms with Crippen LogP contribution in [0.4, 0.5) is 0 Å². The zero-order chi connectivity index (χ0) is 44.1. The molecule has 8 bridgehead atoms. The molecule has 342 valence electrons. The molecule has 16 unspecified atom stereocenters. The normalized spacial score (nSPS) is 48.7. The highest BCUT2D eigenvalue weighted by atomic mass is 31.1. The van der Waals surface area contributed by atoms with Crippen LogP contribution in [0.5, 0.6) is 0 Å². The quantitative estimate of drug-likeness (QED) is 0.197. The first kappa shape index (κ1) is 44.1. The lowest BCUT2D eigenvalue weighted by Crippen LogP contribution is -2.75. The monoisotopic (exact) mass is 875 g/mol. The number of hydrogen-bond acceptors (Lipinski definition) is 0. The van der Waals surface area contributed by atoms with Crippen LogP contribution in [-0.4, -0.2) is 20.6 Å². The zero-order valence-corrected chi connectivity index (χ0v) is 44.5. The summed E-state index contributed by atoms with van der Waals surface area (Å²) in [5, 5.41) is 2.11. The Balaban J connectivity index is 1.03. The van der Waals surface area contributed by atoms with Gasteiger partial charge in [0, 0.05) is 10.3 Å². The van der Waals surface area contributed by atoms with Crippen LogP contribution in [0.1, 0.15) is 211 Å². The molecule has 62 heavy (non-hydrogen) atoms. The predicted molar refractivity (Wildman–Crippen MR) is 271 cm³/mol. The van der Waals surface area contributed by atoms with E-state index in [9.17, 15) is 0 Å². The lowest BCUT2D eigenvalue weighted by atomic mass is 9.38. The Hall–Kier alpha value is -0.440. The van der Waals surface area contributed by atoms with Gasteiger partial charge in [0.2, 0.25) is 0 Å². The Morgan fingerprint density at radius 1 is 0.516 bits per heavy atom. The molecule has 10 aliphatic carbocycles. The third-order valence-electron chi connectivity index (χ3n) is 22.9. The third-order valence-corrected chi connectivity index (χ3v) is 30.8. The first-order valence-corrected chi connectivity index (χ1v) is 30.0. The highest BCUT2D eigenvalue weighted by molar-refractivity contribution is 7.63. The molecule has 16 atom stereocenters. The highest BCUT2D eigenvalue weighted by Crippen LogP contribution is 2.94. The summed E-state index contributed by atoms with van der Waals surface area (Å²) in [5.41, 5.74) is 9.83. The molecule has 10 fully saturated rings. The topological polar surface area (TPSA) is 0 Å². The summed E-state index contributed by atoms with van der Waals surface area (Å²) in [4.78, 5) is 0. The van der Waals surface area contributed by atoms with Gasteiger partial charge in [0.05, 0.1) is 0 Å². The summed E-state index contributed by atoms with van der Waals surface area (Å²) in [5.74, 6) is 7.50. The fraction of sp³-hybridized carbons (Fsp3) is 0.833. The van der Waals surface area contributed by atoms with Crippen LogP contribution in [0, 0.1) is 79.8 Å². The molecule has 0 amide bonds. The third kappa shape index (κ3) is 5.87. The molecule has 0 N–H and O–H groups in total. The van der Waals surface area contributed by atoms with Gasteiger partial charge in [-0.15, -0.1) is 0 Å². The highest BCUT2D eigenvalue weighted by Gasteiger charge is 2.81. The second-order valence-electron chi connectivity index (χ2n) is 29.7. The summed E-state index contributed by atoms with van der Waals surface area (Å²) in [6.07, 6.45) is 33.0.